The van der Waals surface area contributed by atoms with Crippen LogP contribution in [0.1, 0.15) is 29.2 Å². The van der Waals surface area contributed by atoms with Gasteiger partial charge in [0.1, 0.15) is 11.4 Å². The van der Waals surface area contributed by atoms with E-state index in [1.165, 1.54) is 24.0 Å². The number of carbonyl (C=O) groups is 2. The van der Waals surface area contributed by atoms with E-state index in [4.69, 9.17) is 9.15 Å². The van der Waals surface area contributed by atoms with E-state index < -0.39 is 12.1 Å². The Morgan fingerprint density at radius 3 is 2.62 bits per heavy atom. The van der Waals surface area contributed by atoms with Gasteiger partial charge in [-0.05, 0) is 61.7 Å². The second kappa shape index (κ2) is 8.47. The summed E-state index contributed by atoms with van der Waals surface area (Å²) in [5, 5.41) is 0.868. The average Bonchev–Trinajstić information content (AvgIpc) is 3.02. The van der Waals surface area contributed by atoms with Crippen molar-refractivity contribution in [2.45, 2.75) is 39.8 Å². The van der Waals surface area contributed by atoms with Gasteiger partial charge in [-0.2, -0.15) is 0 Å². The molecule has 0 radical (unpaired) electrons. The van der Waals surface area contributed by atoms with E-state index in [0.29, 0.717) is 5.56 Å². The van der Waals surface area contributed by atoms with E-state index in [-0.39, 0.29) is 24.7 Å². The second-order valence-electron chi connectivity index (χ2n) is 7.33. The summed E-state index contributed by atoms with van der Waals surface area (Å²) in [6, 6.07) is 9.96. The summed E-state index contributed by atoms with van der Waals surface area (Å²) in [5.41, 5.74) is 4.32. The number of ether oxygens (including phenoxy) is 1. The molecule has 0 fully saturated rings. The Bertz CT molecular complexity index is 1060. The lowest BCUT2D eigenvalue weighted by atomic mass is 10.0. The number of esters is 1. The molecular formula is C23H24FNO4. The van der Waals surface area contributed by atoms with Crippen molar-refractivity contribution in [2.24, 2.45) is 0 Å². The fourth-order valence-corrected chi connectivity index (χ4v) is 3.22. The van der Waals surface area contributed by atoms with Crippen LogP contribution in [0.4, 0.5) is 4.39 Å². The zero-order valence-corrected chi connectivity index (χ0v) is 17.0. The highest BCUT2D eigenvalue weighted by molar-refractivity contribution is 5.88. The number of fused-ring (bicyclic) bond motifs is 1. The molecule has 0 N–H and O–H groups in total. The number of aryl methyl sites for hydroxylation is 2. The summed E-state index contributed by atoms with van der Waals surface area (Å²) in [4.78, 5) is 26.3. The van der Waals surface area contributed by atoms with Crippen molar-refractivity contribution in [3.63, 3.8) is 0 Å². The minimum absolute atomic E-state index is 0.0146. The van der Waals surface area contributed by atoms with Crippen molar-refractivity contribution in [3.8, 4) is 0 Å². The molecule has 1 heterocycles. The van der Waals surface area contributed by atoms with Crippen LogP contribution in [0.3, 0.4) is 0 Å². The molecule has 0 aliphatic carbocycles. The lowest BCUT2D eigenvalue weighted by molar-refractivity contribution is -0.158. The second-order valence-corrected chi connectivity index (χ2v) is 7.33. The number of amides is 1. The fourth-order valence-electron chi connectivity index (χ4n) is 3.22. The maximum Gasteiger partial charge on any atom is 0.311 e. The molecule has 0 saturated carbocycles. The molecule has 0 unspecified atom stereocenters. The van der Waals surface area contributed by atoms with Crippen LogP contribution >= 0.6 is 0 Å². The maximum atomic E-state index is 13.3. The van der Waals surface area contributed by atoms with Crippen LogP contribution in [0.5, 0.6) is 0 Å². The van der Waals surface area contributed by atoms with Gasteiger partial charge in [0.15, 0.2) is 6.10 Å². The topological polar surface area (TPSA) is 59.8 Å². The third kappa shape index (κ3) is 4.83. The lowest BCUT2D eigenvalue weighted by Crippen LogP contribution is -2.37. The van der Waals surface area contributed by atoms with Crippen molar-refractivity contribution >= 4 is 22.8 Å². The van der Waals surface area contributed by atoms with Gasteiger partial charge in [-0.25, -0.2) is 4.39 Å². The normalized spacial score (nSPS) is 12.0. The molecule has 1 atom stereocenters. The molecule has 0 aliphatic heterocycles. The Kier molecular flexibility index (Phi) is 6.01. The van der Waals surface area contributed by atoms with Gasteiger partial charge in [-0.15, -0.1) is 0 Å². The molecule has 0 saturated heterocycles. The zero-order chi connectivity index (χ0) is 21.1. The molecule has 29 heavy (non-hydrogen) atoms. The predicted octanol–water partition coefficient (Wildman–Crippen LogP) is 4.32. The summed E-state index contributed by atoms with van der Waals surface area (Å²) < 4.78 is 24.2. The van der Waals surface area contributed by atoms with Crippen molar-refractivity contribution in [1.29, 1.82) is 0 Å². The first-order valence-electron chi connectivity index (χ1n) is 9.41. The number of rotatable bonds is 6. The molecule has 3 rings (SSSR count). The van der Waals surface area contributed by atoms with Crippen molar-refractivity contribution < 1.29 is 23.1 Å². The van der Waals surface area contributed by atoms with Crippen LogP contribution in [0.25, 0.3) is 11.0 Å². The van der Waals surface area contributed by atoms with Gasteiger partial charge in [-0.1, -0.05) is 12.1 Å². The van der Waals surface area contributed by atoms with Crippen molar-refractivity contribution in [3.05, 3.63) is 70.7 Å². The van der Waals surface area contributed by atoms with Crippen molar-refractivity contribution in [1.82, 2.24) is 4.90 Å². The molecule has 0 aliphatic rings. The number of halogens is 1. The minimum atomic E-state index is -0.941. The number of hydrogen-bond donors (Lipinski definition) is 0. The number of nitrogens with zero attached hydrogens (tertiary/aromatic N) is 1. The van der Waals surface area contributed by atoms with Gasteiger partial charge < -0.3 is 14.1 Å². The average molecular weight is 397 g/mol. The number of hydrogen-bond acceptors (Lipinski definition) is 4. The van der Waals surface area contributed by atoms with Gasteiger partial charge in [0, 0.05) is 24.5 Å². The first kappa shape index (κ1) is 20.6. The third-order valence-electron chi connectivity index (χ3n) is 4.95. The van der Waals surface area contributed by atoms with Crippen LogP contribution in [0, 0.1) is 19.7 Å². The van der Waals surface area contributed by atoms with E-state index in [1.54, 1.807) is 25.4 Å². The number of likely N-dealkylation sites (N-methyl/N-ethyl adjacent to an activating group) is 1. The quantitative estimate of drug-likeness (QED) is 0.581. The molecule has 2 aromatic carbocycles. The highest BCUT2D eigenvalue weighted by atomic mass is 19.1. The van der Waals surface area contributed by atoms with Crippen LogP contribution in [0.15, 0.2) is 47.1 Å². The van der Waals surface area contributed by atoms with Gasteiger partial charge >= 0.3 is 5.97 Å². The van der Waals surface area contributed by atoms with E-state index in [2.05, 4.69) is 0 Å². The molecule has 0 bridgehead atoms. The Morgan fingerprint density at radius 2 is 1.90 bits per heavy atom. The van der Waals surface area contributed by atoms with Crippen LogP contribution < -0.4 is 0 Å². The Labute approximate surface area is 169 Å². The lowest BCUT2D eigenvalue weighted by Gasteiger charge is -2.21. The molecular weight excluding hydrogens is 373 g/mol. The van der Waals surface area contributed by atoms with E-state index in [1.807, 2.05) is 26.0 Å². The molecule has 6 heteroatoms. The molecule has 1 amide bonds. The summed E-state index contributed by atoms with van der Waals surface area (Å²) >= 11 is 0. The fraction of sp³-hybridized carbons (Fsp3) is 0.304. The van der Waals surface area contributed by atoms with Gasteiger partial charge in [0.05, 0.1) is 12.7 Å². The summed E-state index contributed by atoms with van der Waals surface area (Å²) in [6.45, 7) is 5.75. The SMILES string of the molecule is Cc1cc2occ(CC(=O)O[C@@H](C)C(=O)N(C)Cc3cccc(F)c3)c2cc1C. The standard InChI is InChI=1S/C23H24FNO4/c1-14-8-20-18(13-28-21(20)9-15(14)2)11-22(26)29-16(3)23(27)25(4)12-17-6-5-7-19(24)10-17/h5-10,13,16H,11-12H2,1-4H3/t16-/m0/s1. The number of carbonyl (C=O) groups excluding carboxylic acids is 2. The van der Waals surface area contributed by atoms with Crippen LogP contribution in [-0.4, -0.2) is 29.9 Å². The van der Waals surface area contributed by atoms with Crippen LogP contribution in [0.2, 0.25) is 0 Å². The maximum absolute atomic E-state index is 13.3. The Morgan fingerprint density at radius 1 is 1.17 bits per heavy atom. The zero-order valence-electron chi connectivity index (χ0n) is 17.0. The number of furan rings is 1. The largest absolute Gasteiger partial charge is 0.464 e. The van der Waals surface area contributed by atoms with E-state index >= 15 is 0 Å². The first-order chi connectivity index (χ1) is 13.7. The predicted molar refractivity (Wildman–Crippen MR) is 108 cm³/mol. The third-order valence-corrected chi connectivity index (χ3v) is 4.95. The smallest absolute Gasteiger partial charge is 0.311 e. The molecule has 1 aromatic heterocycles. The Balaban J connectivity index is 1.61. The molecule has 152 valence electrons. The van der Waals surface area contributed by atoms with Gasteiger partial charge in [0.25, 0.3) is 5.91 Å². The molecule has 0 spiro atoms. The highest BCUT2D eigenvalue weighted by Crippen LogP contribution is 2.25. The highest BCUT2D eigenvalue weighted by Gasteiger charge is 2.22. The monoisotopic (exact) mass is 397 g/mol. The first-order valence-corrected chi connectivity index (χ1v) is 9.41. The number of benzene rings is 2. The minimum Gasteiger partial charge on any atom is -0.464 e. The van der Waals surface area contributed by atoms with E-state index in [9.17, 15) is 14.0 Å². The van der Waals surface area contributed by atoms with Gasteiger partial charge in [0.2, 0.25) is 0 Å². The summed E-state index contributed by atoms with van der Waals surface area (Å²) in [6.07, 6.45) is 0.622. The van der Waals surface area contributed by atoms with Crippen molar-refractivity contribution in [2.75, 3.05) is 7.05 Å². The summed E-state index contributed by atoms with van der Waals surface area (Å²) in [5.74, 6) is -1.22. The molecule has 3 aromatic rings. The Hall–Kier alpha value is -3.15. The van der Waals surface area contributed by atoms with E-state index in [0.717, 1.165) is 27.7 Å². The van der Waals surface area contributed by atoms with Crippen LogP contribution in [-0.2, 0) is 27.3 Å². The molecule has 5 nitrogen and oxygen atoms in total. The summed E-state index contributed by atoms with van der Waals surface area (Å²) in [7, 11) is 1.59. The van der Waals surface area contributed by atoms with Gasteiger partial charge in [-0.3, -0.25) is 9.59 Å².